The second-order valence-electron chi connectivity index (χ2n) is 5.36. The molecule has 4 heteroatoms. The van der Waals surface area contributed by atoms with Crippen molar-refractivity contribution in [2.75, 3.05) is 13.7 Å². The Labute approximate surface area is 126 Å². The molecule has 21 heavy (non-hydrogen) atoms. The van der Waals surface area contributed by atoms with Crippen molar-refractivity contribution in [3.8, 4) is 11.5 Å². The van der Waals surface area contributed by atoms with E-state index in [0.717, 1.165) is 31.4 Å². The molecule has 4 nitrogen and oxygen atoms in total. The monoisotopic (exact) mass is 292 g/mol. The molecular formula is C17H24O4. The lowest BCUT2D eigenvalue weighted by molar-refractivity contribution is -0.154. The third-order valence-electron chi connectivity index (χ3n) is 3.92. The van der Waals surface area contributed by atoms with Crippen molar-refractivity contribution in [1.29, 1.82) is 0 Å². The highest BCUT2D eigenvalue weighted by Gasteiger charge is 2.32. The van der Waals surface area contributed by atoms with Crippen LogP contribution in [0.5, 0.6) is 11.5 Å². The van der Waals surface area contributed by atoms with E-state index in [1.165, 1.54) is 6.42 Å². The Balaban J connectivity index is 2.07. The Kier molecular flexibility index (Phi) is 5.90. The molecule has 1 aliphatic rings. The number of hydrogen-bond donors (Lipinski definition) is 0. The molecule has 1 unspecified atom stereocenters. The summed E-state index contributed by atoms with van der Waals surface area (Å²) in [5.41, 5.74) is 0. The molecule has 0 bridgehead atoms. The fourth-order valence-electron chi connectivity index (χ4n) is 2.80. The summed E-state index contributed by atoms with van der Waals surface area (Å²) in [6.07, 6.45) is 5.12. The maximum atomic E-state index is 12.2. The zero-order chi connectivity index (χ0) is 15.1. The van der Waals surface area contributed by atoms with Gasteiger partial charge in [-0.3, -0.25) is 0 Å². The highest BCUT2D eigenvalue weighted by Crippen LogP contribution is 2.30. The number of carbonyl (C=O) groups excluding carboxylic acids is 1. The molecule has 0 spiro atoms. The molecule has 0 saturated heterocycles. The van der Waals surface area contributed by atoms with Gasteiger partial charge in [0.05, 0.1) is 13.7 Å². The fraction of sp³-hybridized carbons (Fsp3) is 0.588. The Bertz CT molecular complexity index is 435. The van der Waals surface area contributed by atoms with E-state index in [9.17, 15) is 4.79 Å². The lowest BCUT2D eigenvalue weighted by atomic mass is 9.85. The van der Waals surface area contributed by atoms with E-state index >= 15 is 0 Å². The van der Waals surface area contributed by atoms with Crippen LogP contribution in [0.2, 0.25) is 0 Å². The first-order valence-corrected chi connectivity index (χ1v) is 7.72. The predicted octanol–water partition coefficient (Wildman–Crippen LogP) is 3.59. The molecule has 0 radical (unpaired) electrons. The van der Waals surface area contributed by atoms with Crippen molar-refractivity contribution in [3.05, 3.63) is 24.3 Å². The van der Waals surface area contributed by atoms with Gasteiger partial charge in [0.15, 0.2) is 6.10 Å². The first-order chi connectivity index (χ1) is 10.2. The molecule has 0 aliphatic heterocycles. The number of carbonyl (C=O) groups is 1. The van der Waals surface area contributed by atoms with E-state index in [0.29, 0.717) is 12.4 Å². The van der Waals surface area contributed by atoms with Crippen LogP contribution in [0.25, 0.3) is 0 Å². The van der Waals surface area contributed by atoms with Crippen LogP contribution in [0.3, 0.4) is 0 Å². The molecule has 1 aromatic rings. The Morgan fingerprint density at radius 1 is 1.14 bits per heavy atom. The molecule has 0 N–H and O–H groups in total. The van der Waals surface area contributed by atoms with Gasteiger partial charge in [0, 0.05) is 5.92 Å². The number of esters is 1. The van der Waals surface area contributed by atoms with E-state index in [1.807, 2.05) is 31.2 Å². The number of hydrogen-bond acceptors (Lipinski definition) is 4. The van der Waals surface area contributed by atoms with Gasteiger partial charge >= 0.3 is 5.97 Å². The van der Waals surface area contributed by atoms with Crippen LogP contribution >= 0.6 is 0 Å². The van der Waals surface area contributed by atoms with Crippen LogP contribution in [-0.2, 0) is 9.53 Å². The van der Waals surface area contributed by atoms with E-state index in [2.05, 4.69) is 0 Å². The molecule has 1 fully saturated rings. The third-order valence-corrected chi connectivity index (χ3v) is 3.92. The van der Waals surface area contributed by atoms with Crippen LogP contribution in [0.1, 0.15) is 39.0 Å². The summed E-state index contributed by atoms with van der Waals surface area (Å²) in [6, 6.07) is 7.32. The molecule has 1 aliphatic carbocycles. The lowest BCUT2D eigenvalue weighted by Gasteiger charge is -2.29. The van der Waals surface area contributed by atoms with E-state index in [4.69, 9.17) is 14.2 Å². The van der Waals surface area contributed by atoms with Gasteiger partial charge < -0.3 is 14.2 Å². The number of ether oxygens (including phenoxy) is 3. The highest BCUT2D eigenvalue weighted by atomic mass is 16.6. The van der Waals surface area contributed by atoms with Crippen molar-refractivity contribution >= 4 is 5.97 Å². The summed E-state index contributed by atoms with van der Waals surface area (Å²) in [4.78, 5) is 12.2. The standard InChI is InChI=1S/C17H24O4/c1-3-20-17(18)16(13-7-5-4-6-8-13)21-15-11-9-14(19-2)10-12-15/h9-13,16H,3-8H2,1-2H3. The van der Waals surface area contributed by atoms with Gasteiger partial charge in [-0.25, -0.2) is 4.79 Å². The summed E-state index contributed by atoms with van der Waals surface area (Å²) in [5, 5.41) is 0. The minimum Gasteiger partial charge on any atom is -0.497 e. The maximum absolute atomic E-state index is 12.2. The van der Waals surface area contributed by atoms with Gasteiger partial charge in [-0.05, 0) is 44.0 Å². The second kappa shape index (κ2) is 7.91. The first kappa shape index (κ1) is 15.7. The van der Waals surface area contributed by atoms with Crippen LogP contribution in [0.15, 0.2) is 24.3 Å². The average Bonchev–Trinajstić information content (AvgIpc) is 2.54. The van der Waals surface area contributed by atoms with Gasteiger partial charge in [-0.1, -0.05) is 19.3 Å². The number of benzene rings is 1. The predicted molar refractivity (Wildman–Crippen MR) is 80.6 cm³/mol. The molecule has 0 amide bonds. The smallest absolute Gasteiger partial charge is 0.347 e. The largest absolute Gasteiger partial charge is 0.497 e. The van der Waals surface area contributed by atoms with Crippen LogP contribution in [0.4, 0.5) is 0 Å². The molecule has 1 saturated carbocycles. The zero-order valence-electron chi connectivity index (χ0n) is 12.8. The van der Waals surface area contributed by atoms with Crippen molar-refractivity contribution in [2.45, 2.75) is 45.1 Å². The molecule has 0 heterocycles. The molecule has 1 aromatic carbocycles. The number of rotatable bonds is 6. The van der Waals surface area contributed by atoms with Gasteiger partial charge in [-0.2, -0.15) is 0 Å². The topological polar surface area (TPSA) is 44.8 Å². The summed E-state index contributed by atoms with van der Waals surface area (Å²) in [7, 11) is 1.62. The summed E-state index contributed by atoms with van der Waals surface area (Å²) >= 11 is 0. The van der Waals surface area contributed by atoms with Gasteiger partial charge in [-0.15, -0.1) is 0 Å². The summed E-state index contributed by atoms with van der Waals surface area (Å²) < 4.78 is 16.3. The molecule has 2 rings (SSSR count). The quantitative estimate of drug-likeness (QED) is 0.752. The SMILES string of the molecule is CCOC(=O)C(Oc1ccc(OC)cc1)C1CCCCC1. The molecule has 116 valence electrons. The summed E-state index contributed by atoms with van der Waals surface area (Å²) in [5.74, 6) is 1.45. The van der Waals surface area contributed by atoms with E-state index < -0.39 is 6.10 Å². The average molecular weight is 292 g/mol. The Morgan fingerprint density at radius 3 is 2.33 bits per heavy atom. The van der Waals surface area contributed by atoms with Crippen molar-refractivity contribution in [2.24, 2.45) is 5.92 Å². The Hall–Kier alpha value is -1.71. The minimum atomic E-state index is -0.501. The van der Waals surface area contributed by atoms with Crippen molar-refractivity contribution in [1.82, 2.24) is 0 Å². The fourth-order valence-corrected chi connectivity index (χ4v) is 2.80. The van der Waals surface area contributed by atoms with Crippen LogP contribution < -0.4 is 9.47 Å². The van der Waals surface area contributed by atoms with Crippen LogP contribution in [0, 0.1) is 5.92 Å². The molecule has 1 atom stereocenters. The molecule has 0 aromatic heterocycles. The first-order valence-electron chi connectivity index (χ1n) is 7.72. The minimum absolute atomic E-state index is 0.250. The maximum Gasteiger partial charge on any atom is 0.347 e. The van der Waals surface area contributed by atoms with E-state index in [-0.39, 0.29) is 11.9 Å². The molecular weight excluding hydrogens is 268 g/mol. The van der Waals surface area contributed by atoms with E-state index in [1.54, 1.807) is 7.11 Å². The summed E-state index contributed by atoms with van der Waals surface area (Å²) in [6.45, 7) is 2.21. The van der Waals surface area contributed by atoms with Gasteiger partial charge in [0.2, 0.25) is 0 Å². The second-order valence-corrected chi connectivity index (χ2v) is 5.36. The van der Waals surface area contributed by atoms with Crippen LogP contribution in [-0.4, -0.2) is 25.8 Å². The van der Waals surface area contributed by atoms with Gasteiger partial charge in [0.25, 0.3) is 0 Å². The highest BCUT2D eigenvalue weighted by molar-refractivity contribution is 5.75. The van der Waals surface area contributed by atoms with Crippen molar-refractivity contribution in [3.63, 3.8) is 0 Å². The van der Waals surface area contributed by atoms with Crippen molar-refractivity contribution < 1.29 is 19.0 Å². The zero-order valence-corrected chi connectivity index (χ0v) is 12.8. The van der Waals surface area contributed by atoms with Gasteiger partial charge in [0.1, 0.15) is 11.5 Å². The number of methoxy groups -OCH3 is 1. The normalized spacial score (nSPS) is 17.0. The Morgan fingerprint density at radius 2 is 1.76 bits per heavy atom. The lowest BCUT2D eigenvalue weighted by Crippen LogP contribution is -2.37. The third kappa shape index (κ3) is 4.38.